The Morgan fingerprint density at radius 1 is 1.22 bits per heavy atom. The van der Waals surface area contributed by atoms with Gasteiger partial charge in [-0.25, -0.2) is 0 Å². The van der Waals surface area contributed by atoms with Gasteiger partial charge in [-0.05, 0) is 36.8 Å². The summed E-state index contributed by atoms with van der Waals surface area (Å²) >= 11 is 5.92. The van der Waals surface area contributed by atoms with Gasteiger partial charge in [-0.15, -0.1) is 0 Å². The number of carbonyl (C=O) groups excluding carboxylic acids is 1. The van der Waals surface area contributed by atoms with Crippen molar-refractivity contribution in [2.24, 2.45) is 0 Å². The van der Waals surface area contributed by atoms with E-state index in [0.717, 1.165) is 11.6 Å². The fourth-order valence-electron chi connectivity index (χ4n) is 1.89. The second kappa shape index (κ2) is 6.91. The summed E-state index contributed by atoms with van der Waals surface area (Å²) in [4.78, 5) is 11.8. The van der Waals surface area contributed by atoms with E-state index in [0.29, 0.717) is 10.8 Å². The minimum atomic E-state index is -4.55. The molecule has 2 aromatic rings. The molecule has 2 rings (SSSR count). The second-order valence-electron chi connectivity index (χ2n) is 4.81. The number of ether oxygens (including phenoxy) is 1. The number of hydrogen-bond acceptors (Lipinski definition) is 2. The molecule has 0 saturated heterocycles. The van der Waals surface area contributed by atoms with Gasteiger partial charge in [0, 0.05) is 0 Å². The first-order chi connectivity index (χ1) is 10.8. The Morgan fingerprint density at radius 3 is 2.61 bits per heavy atom. The topological polar surface area (TPSA) is 38.3 Å². The van der Waals surface area contributed by atoms with Gasteiger partial charge < -0.3 is 10.1 Å². The summed E-state index contributed by atoms with van der Waals surface area (Å²) in [5.74, 6) is -0.412. The SMILES string of the molecule is Cc1ccc(Cl)c(OCC(=O)Nc2ccccc2C(F)(F)F)c1. The third-order valence-electron chi connectivity index (χ3n) is 2.95. The quantitative estimate of drug-likeness (QED) is 0.875. The molecule has 0 aliphatic carbocycles. The van der Waals surface area contributed by atoms with E-state index in [9.17, 15) is 18.0 Å². The third-order valence-corrected chi connectivity index (χ3v) is 3.26. The van der Waals surface area contributed by atoms with Crippen LogP contribution in [0.1, 0.15) is 11.1 Å². The van der Waals surface area contributed by atoms with Crippen LogP contribution in [0.3, 0.4) is 0 Å². The van der Waals surface area contributed by atoms with E-state index in [-0.39, 0.29) is 5.69 Å². The second-order valence-corrected chi connectivity index (χ2v) is 5.22. The van der Waals surface area contributed by atoms with Crippen LogP contribution in [0.25, 0.3) is 0 Å². The highest BCUT2D eigenvalue weighted by Gasteiger charge is 2.33. The number of nitrogens with one attached hydrogen (secondary N) is 1. The molecule has 7 heteroatoms. The predicted molar refractivity (Wildman–Crippen MR) is 81.8 cm³/mol. The largest absolute Gasteiger partial charge is 0.482 e. The number of carbonyl (C=O) groups is 1. The maximum Gasteiger partial charge on any atom is 0.418 e. The molecule has 23 heavy (non-hydrogen) atoms. The van der Waals surface area contributed by atoms with Crippen molar-refractivity contribution in [3.63, 3.8) is 0 Å². The van der Waals surface area contributed by atoms with E-state index in [4.69, 9.17) is 16.3 Å². The number of alkyl halides is 3. The van der Waals surface area contributed by atoms with Crippen LogP contribution in [-0.2, 0) is 11.0 Å². The van der Waals surface area contributed by atoms with Gasteiger partial charge >= 0.3 is 6.18 Å². The molecule has 0 aliphatic heterocycles. The summed E-state index contributed by atoms with van der Waals surface area (Å²) in [6.45, 7) is 1.37. The zero-order chi connectivity index (χ0) is 17.0. The normalized spacial score (nSPS) is 11.2. The minimum absolute atomic E-state index is 0.297. The Kier molecular flexibility index (Phi) is 5.15. The first-order valence-electron chi connectivity index (χ1n) is 6.62. The van der Waals surface area contributed by atoms with Crippen molar-refractivity contribution in [1.82, 2.24) is 0 Å². The van der Waals surface area contributed by atoms with Crippen LogP contribution in [0.2, 0.25) is 5.02 Å². The standard InChI is InChI=1S/C16H13ClF3NO2/c1-10-6-7-12(17)14(8-10)23-9-15(22)21-13-5-3-2-4-11(13)16(18,19)20/h2-8H,9H2,1H3,(H,21,22). The summed E-state index contributed by atoms with van der Waals surface area (Å²) in [6, 6.07) is 9.76. The molecule has 0 heterocycles. The molecule has 0 saturated carbocycles. The van der Waals surface area contributed by atoms with Gasteiger partial charge in [0.15, 0.2) is 6.61 Å². The fraction of sp³-hybridized carbons (Fsp3) is 0.188. The molecule has 0 unspecified atom stereocenters. The lowest BCUT2D eigenvalue weighted by Crippen LogP contribution is -2.22. The molecule has 1 amide bonds. The number of hydrogen-bond donors (Lipinski definition) is 1. The van der Waals surface area contributed by atoms with E-state index >= 15 is 0 Å². The molecule has 0 spiro atoms. The lowest BCUT2D eigenvalue weighted by atomic mass is 10.1. The average molecular weight is 344 g/mol. The van der Waals surface area contributed by atoms with Gasteiger partial charge in [0.2, 0.25) is 0 Å². The van der Waals surface area contributed by atoms with Crippen molar-refractivity contribution >= 4 is 23.2 Å². The van der Waals surface area contributed by atoms with Crippen molar-refractivity contribution in [3.8, 4) is 5.75 Å². The minimum Gasteiger partial charge on any atom is -0.482 e. The molecule has 0 atom stereocenters. The number of para-hydroxylation sites is 1. The maximum absolute atomic E-state index is 12.8. The van der Waals surface area contributed by atoms with Crippen molar-refractivity contribution in [3.05, 3.63) is 58.6 Å². The average Bonchev–Trinajstić information content (AvgIpc) is 2.47. The molecule has 1 N–H and O–H groups in total. The number of aryl methyl sites for hydroxylation is 1. The molecule has 122 valence electrons. The highest BCUT2D eigenvalue weighted by molar-refractivity contribution is 6.32. The lowest BCUT2D eigenvalue weighted by Gasteiger charge is -2.14. The van der Waals surface area contributed by atoms with Crippen molar-refractivity contribution in [2.45, 2.75) is 13.1 Å². The number of amides is 1. The summed E-state index contributed by atoms with van der Waals surface area (Å²) < 4.78 is 43.8. The Bertz CT molecular complexity index is 717. The highest BCUT2D eigenvalue weighted by atomic mass is 35.5. The van der Waals surface area contributed by atoms with Crippen molar-refractivity contribution < 1.29 is 22.7 Å². The number of benzene rings is 2. The van der Waals surface area contributed by atoms with E-state index in [1.807, 2.05) is 6.92 Å². The fourth-order valence-corrected chi connectivity index (χ4v) is 2.06. The molecular weight excluding hydrogens is 331 g/mol. The van der Waals surface area contributed by atoms with Crippen LogP contribution >= 0.6 is 11.6 Å². The van der Waals surface area contributed by atoms with Crippen LogP contribution < -0.4 is 10.1 Å². The van der Waals surface area contributed by atoms with Crippen LogP contribution in [0.5, 0.6) is 5.75 Å². The van der Waals surface area contributed by atoms with E-state index < -0.39 is 24.3 Å². The molecule has 2 aromatic carbocycles. The van der Waals surface area contributed by atoms with Crippen molar-refractivity contribution in [2.75, 3.05) is 11.9 Å². The zero-order valence-electron chi connectivity index (χ0n) is 12.1. The van der Waals surface area contributed by atoms with Crippen LogP contribution in [-0.4, -0.2) is 12.5 Å². The molecule has 0 fully saturated rings. The first-order valence-corrected chi connectivity index (χ1v) is 7.00. The number of anilines is 1. The van der Waals surface area contributed by atoms with Gasteiger partial charge in [0.05, 0.1) is 16.3 Å². The van der Waals surface area contributed by atoms with Gasteiger partial charge in [-0.2, -0.15) is 13.2 Å². The predicted octanol–water partition coefficient (Wildman–Crippen LogP) is 4.68. The van der Waals surface area contributed by atoms with Gasteiger partial charge in [0.25, 0.3) is 5.91 Å². The van der Waals surface area contributed by atoms with Gasteiger partial charge in [0.1, 0.15) is 5.75 Å². The Balaban J connectivity index is 2.05. The Morgan fingerprint density at radius 2 is 1.91 bits per heavy atom. The number of rotatable bonds is 4. The summed E-state index contributed by atoms with van der Waals surface area (Å²) in [5, 5.41) is 2.51. The van der Waals surface area contributed by atoms with Crippen LogP contribution in [0.4, 0.5) is 18.9 Å². The van der Waals surface area contributed by atoms with E-state index in [1.165, 1.54) is 18.2 Å². The number of halogens is 4. The van der Waals surface area contributed by atoms with Crippen LogP contribution in [0, 0.1) is 6.92 Å². The molecule has 0 aromatic heterocycles. The maximum atomic E-state index is 12.8. The summed E-state index contributed by atoms with van der Waals surface area (Å²) in [6.07, 6.45) is -4.55. The summed E-state index contributed by atoms with van der Waals surface area (Å²) in [5.41, 5.74) is -0.349. The Hall–Kier alpha value is -2.21. The lowest BCUT2D eigenvalue weighted by molar-refractivity contribution is -0.137. The Labute approximate surface area is 136 Å². The third kappa shape index (κ3) is 4.63. The molecular formula is C16H13ClF3NO2. The smallest absolute Gasteiger partial charge is 0.418 e. The highest BCUT2D eigenvalue weighted by Crippen LogP contribution is 2.34. The molecule has 0 aliphatic rings. The van der Waals surface area contributed by atoms with Crippen LogP contribution in [0.15, 0.2) is 42.5 Å². The van der Waals surface area contributed by atoms with E-state index in [1.54, 1.807) is 18.2 Å². The first kappa shape index (κ1) is 17.1. The van der Waals surface area contributed by atoms with Gasteiger partial charge in [-0.3, -0.25) is 4.79 Å². The summed E-state index contributed by atoms with van der Waals surface area (Å²) in [7, 11) is 0. The van der Waals surface area contributed by atoms with Crippen molar-refractivity contribution in [1.29, 1.82) is 0 Å². The molecule has 3 nitrogen and oxygen atoms in total. The monoisotopic (exact) mass is 343 g/mol. The zero-order valence-corrected chi connectivity index (χ0v) is 12.8. The van der Waals surface area contributed by atoms with E-state index in [2.05, 4.69) is 5.32 Å². The molecule has 0 bridgehead atoms. The molecule has 0 radical (unpaired) electrons. The van der Waals surface area contributed by atoms with Gasteiger partial charge in [-0.1, -0.05) is 29.8 Å².